The summed E-state index contributed by atoms with van der Waals surface area (Å²) in [7, 11) is 2.19. The fourth-order valence-electron chi connectivity index (χ4n) is 2.09. The molecule has 1 aliphatic heterocycles. The summed E-state index contributed by atoms with van der Waals surface area (Å²) in [5, 5.41) is 4.68. The minimum Gasteiger partial charge on any atom is -0.312 e. The lowest BCUT2D eigenvalue weighted by atomic mass is 10.3. The summed E-state index contributed by atoms with van der Waals surface area (Å²) < 4.78 is 0. The molecule has 4 nitrogen and oxygen atoms in total. The number of hydrogen-bond acceptors (Lipinski definition) is 5. The molecule has 1 aromatic heterocycles. The summed E-state index contributed by atoms with van der Waals surface area (Å²) in [6, 6.07) is 0. The molecule has 5 heteroatoms. The summed E-state index contributed by atoms with van der Waals surface area (Å²) in [6.07, 6.45) is 3.21. The smallest absolute Gasteiger partial charge is 0.107 e. The number of rotatable bonds is 6. The highest BCUT2D eigenvalue weighted by Gasteiger charge is 2.15. The van der Waals surface area contributed by atoms with Crippen molar-refractivity contribution in [3.63, 3.8) is 0 Å². The molecule has 102 valence electrons. The Kier molecular flexibility index (Phi) is 5.56. The molecule has 1 N–H and O–H groups in total. The third-order valence-corrected chi connectivity index (χ3v) is 4.26. The van der Waals surface area contributed by atoms with Gasteiger partial charge in [0.15, 0.2) is 0 Å². The number of nitrogens with zero attached hydrogens (tertiary/aromatic N) is 3. The summed E-state index contributed by atoms with van der Waals surface area (Å²) >= 11 is 1.85. The normalized spacial score (nSPS) is 18.3. The topological polar surface area (TPSA) is 31.4 Å². The molecule has 0 atom stereocenters. The third kappa shape index (κ3) is 4.31. The van der Waals surface area contributed by atoms with E-state index in [-0.39, 0.29) is 0 Å². The van der Waals surface area contributed by atoms with Crippen LogP contribution in [0.3, 0.4) is 0 Å². The average molecular weight is 268 g/mol. The van der Waals surface area contributed by atoms with Crippen molar-refractivity contribution in [2.45, 2.75) is 26.4 Å². The molecule has 2 heterocycles. The van der Waals surface area contributed by atoms with Crippen LogP contribution >= 0.6 is 11.3 Å². The van der Waals surface area contributed by atoms with Gasteiger partial charge in [-0.05, 0) is 20.0 Å². The van der Waals surface area contributed by atoms with Crippen LogP contribution in [-0.4, -0.2) is 54.6 Å². The van der Waals surface area contributed by atoms with Crippen molar-refractivity contribution < 1.29 is 0 Å². The zero-order valence-electron chi connectivity index (χ0n) is 11.5. The first kappa shape index (κ1) is 13.9. The number of nitrogens with one attached hydrogen (secondary N) is 1. The van der Waals surface area contributed by atoms with Gasteiger partial charge in [-0.3, -0.25) is 4.90 Å². The SMILES string of the molecule is CCCNCc1cnc(CN2CCN(C)CC2)s1. The van der Waals surface area contributed by atoms with Crippen molar-refractivity contribution in [2.24, 2.45) is 0 Å². The van der Waals surface area contributed by atoms with E-state index in [1.54, 1.807) is 0 Å². The Labute approximate surface area is 114 Å². The first-order chi connectivity index (χ1) is 8.78. The van der Waals surface area contributed by atoms with Gasteiger partial charge < -0.3 is 10.2 Å². The summed E-state index contributed by atoms with van der Waals surface area (Å²) in [5.74, 6) is 0. The lowest BCUT2D eigenvalue weighted by molar-refractivity contribution is 0.148. The third-order valence-electron chi connectivity index (χ3n) is 3.28. The molecule has 0 aliphatic carbocycles. The van der Waals surface area contributed by atoms with Gasteiger partial charge in [0.25, 0.3) is 0 Å². The van der Waals surface area contributed by atoms with Crippen LogP contribution < -0.4 is 5.32 Å². The molecule has 0 aromatic carbocycles. The van der Waals surface area contributed by atoms with Crippen LogP contribution in [-0.2, 0) is 13.1 Å². The second-order valence-corrected chi connectivity index (χ2v) is 6.18. The van der Waals surface area contributed by atoms with Gasteiger partial charge in [0.1, 0.15) is 5.01 Å². The predicted octanol–water partition coefficient (Wildman–Crippen LogP) is 1.39. The fourth-order valence-corrected chi connectivity index (χ4v) is 3.02. The molecule has 0 unspecified atom stereocenters. The highest BCUT2D eigenvalue weighted by molar-refractivity contribution is 7.11. The van der Waals surface area contributed by atoms with E-state index in [4.69, 9.17) is 0 Å². The van der Waals surface area contributed by atoms with Crippen LogP contribution in [0.25, 0.3) is 0 Å². The zero-order chi connectivity index (χ0) is 12.8. The summed E-state index contributed by atoms with van der Waals surface area (Å²) in [6.45, 7) is 9.95. The van der Waals surface area contributed by atoms with Crippen molar-refractivity contribution in [2.75, 3.05) is 39.8 Å². The number of piperazine rings is 1. The first-order valence-corrected chi connectivity index (χ1v) is 7.64. The molecular weight excluding hydrogens is 244 g/mol. The number of likely N-dealkylation sites (N-methyl/N-ethyl adjacent to an activating group) is 1. The van der Waals surface area contributed by atoms with Crippen LogP contribution in [0.4, 0.5) is 0 Å². The molecule has 0 radical (unpaired) electrons. The van der Waals surface area contributed by atoms with Crippen LogP contribution in [0.15, 0.2) is 6.20 Å². The lowest BCUT2D eigenvalue weighted by Gasteiger charge is -2.31. The second-order valence-electron chi connectivity index (χ2n) is 4.98. The summed E-state index contributed by atoms with van der Waals surface area (Å²) in [4.78, 5) is 10.8. The molecule has 1 aliphatic rings. The standard InChI is InChI=1S/C13H24N4S/c1-3-4-14-9-12-10-15-13(18-12)11-17-7-5-16(2)6-8-17/h10,14H,3-9,11H2,1-2H3. The van der Waals surface area contributed by atoms with E-state index in [0.717, 1.165) is 19.6 Å². The Bertz CT molecular complexity index is 345. The Morgan fingerprint density at radius 3 is 2.83 bits per heavy atom. The van der Waals surface area contributed by atoms with E-state index in [0.29, 0.717) is 0 Å². The Hall–Kier alpha value is -0.490. The van der Waals surface area contributed by atoms with E-state index in [9.17, 15) is 0 Å². The molecule has 2 rings (SSSR count). The Balaban J connectivity index is 1.76. The molecule has 0 amide bonds. The molecule has 0 spiro atoms. The molecule has 0 bridgehead atoms. The van der Waals surface area contributed by atoms with Crippen molar-refractivity contribution in [1.82, 2.24) is 20.1 Å². The van der Waals surface area contributed by atoms with E-state index in [1.807, 2.05) is 17.5 Å². The fraction of sp³-hybridized carbons (Fsp3) is 0.769. The maximum Gasteiger partial charge on any atom is 0.107 e. The molecular formula is C13H24N4S. The van der Waals surface area contributed by atoms with Gasteiger partial charge >= 0.3 is 0 Å². The van der Waals surface area contributed by atoms with E-state index < -0.39 is 0 Å². The summed E-state index contributed by atoms with van der Waals surface area (Å²) in [5.41, 5.74) is 0. The number of thiazole rings is 1. The minimum atomic E-state index is 0.967. The van der Waals surface area contributed by atoms with Crippen LogP contribution in [0, 0.1) is 0 Å². The highest BCUT2D eigenvalue weighted by Crippen LogP contribution is 2.15. The monoisotopic (exact) mass is 268 g/mol. The maximum atomic E-state index is 4.53. The van der Waals surface area contributed by atoms with Gasteiger partial charge in [-0.1, -0.05) is 6.92 Å². The molecule has 0 saturated carbocycles. The number of aromatic nitrogens is 1. The molecule has 1 aromatic rings. The van der Waals surface area contributed by atoms with Crippen molar-refractivity contribution >= 4 is 11.3 Å². The average Bonchev–Trinajstić information content (AvgIpc) is 2.80. The second kappa shape index (κ2) is 7.19. The maximum absolute atomic E-state index is 4.53. The lowest BCUT2D eigenvalue weighted by Crippen LogP contribution is -2.43. The van der Waals surface area contributed by atoms with Gasteiger partial charge in [-0.15, -0.1) is 11.3 Å². The van der Waals surface area contributed by atoms with E-state index >= 15 is 0 Å². The van der Waals surface area contributed by atoms with Gasteiger partial charge in [0.2, 0.25) is 0 Å². The van der Waals surface area contributed by atoms with Gasteiger partial charge in [0, 0.05) is 43.8 Å². The molecule has 18 heavy (non-hydrogen) atoms. The first-order valence-electron chi connectivity index (χ1n) is 6.83. The van der Waals surface area contributed by atoms with Crippen LogP contribution in [0.1, 0.15) is 23.2 Å². The molecule has 1 fully saturated rings. The number of hydrogen-bond donors (Lipinski definition) is 1. The minimum absolute atomic E-state index is 0.967. The van der Waals surface area contributed by atoms with Gasteiger partial charge in [-0.25, -0.2) is 4.98 Å². The zero-order valence-corrected chi connectivity index (χ0v) is 12.3. The van der Waals surface area contributed by atoms with Crippen molar-refractivity contribution in [1.29, 1.82) is 0 Å². The van der Waals surface area contributed by atoms with Crippen LogP contribution in [0.5, 0.6) is 0 Å². The van der Waals surface area contributed by atoms with E-state index in [2.05, 4.69) is 34.1 Å². The van der Waals surface area contributed by atoms with E-state index in [1.165, 1.54) is 42.5 Å². The van der Waals surface area contributed by atoms with Gasteiger partial charge in [0.05, 0.1) is 6.54 Å². The van der Waals surface area contributed by atoms with Crippen molar-refractivity contribution in [3.05, 3.63) is 16.1 Å². The quantitative estimate of drug-likeness (QED) is 0.790. The Morgan fingerprint density at radius 2 is 2.11 bits per heavy atom. The Morgan fingerprint density at radius 1 is 1.33 bits per heavy atom. The molecule has 1 saturated heterocycles. The highest BCUT2D eigenvalue weighted by atomic mass is 32.1. The largest absolute Gasteiger partial charge is 0.312 e. The predicted molar refractivity (Wildman–Crippen MR) is 76.9 cm³/mol. The van der Waals surface area contributed by atoms with Gasteiger partial charge in [-0.2, -0.15) is 0 Å². The van der Waals surface area contributed by atoms with Crippen LogP contribution in [0.2, 0.25) is 0 Å². The van der Waals surface area contributed by atoms with Crippen molar-refractivity contribution in [3.8, 4) is 0 Å².